The molecule has 0 bridgehead atoms. The van der Waals surface area contributed by atoms with Gasteiger partial charge in [0.2, 0.25) is 0 Å². The molecule has 1 aliphatic heterocycles. The zero-order valence-corrected chi connectivity index (χ0v) is 14.2. The van der Waals surface area contributed by atoms with Crippen molar-refractivity contribution >= 4 is 16.7 Å². The summed E-state index contributed by atoms with van der Waals surface area (Å²) < 4.78 is 5.36. The van der Waals surface area contributed by atoms with E-state index in [1.54, 1.807) is 0 Å². The first-order chi connectivity index (χ1) is 12.4. The molecule has 26 heavy (non-hydrogen) atoms. The Balaban J connectivity index is 1.65. The lowest BCUT2D eigenvalue weighted by atomic mass is 9.90. The highest BCUT2D eigenvalue weighted by Gasteiger charge is 2.44. The van der Waals surface area contributed by atoms with E-state index in [4.69, 9.17) is 10.5 Å². The highest BCUT2D eigenvalue weighted by atomic mass is 16.5. The van der Waals surface area contributed by atoms with Crippen molar-refractivity contribution in [2.24, 2.45) is 5.73 Å². The SMILES string of the molecule is N[C@@H](Cc1c[nH]c2ccccc12)C(=O)C[C@@H]1O[C@H](CO)[C@@H](O)[C@H](O)[C@H]1O. The third-order valence-corrected chi connectivity index (χ3v) is 4.92. The Morgan fingerprint density at radius 2 is 1.85 bits per heavy atom. The fraction of sp³-hybridized carbons (Fsp3) is 0.500. The Kier molecular flexibility index (Phi) is 5.71. The Morgan fingerprint density at radius 1 is 1.15 bits per heavy atom. The Labute approximate surface area is 150 Å². The van der Waals surface area contributed by atoms with Crippen LogP contribution in [-0.2, 0) is 16.0 Å². The number of carbonyl (C=O) groups is 1. The Hall–Kier alpha value is -1.81. The van der Waals surface area contributed by atoms with Crippen LogP contribution in [-0.4, -0.2) is 74.4 Å². The van der Waals surface area contributed by atoms with Crippen LogP contribution in [0.5, 0.6) is 0 Å². The first-order valence-electron chi connectivity index (χ1n) is 8.56. The van der Waals surface area contributed by atoms with E-state index in [-0.39, 0.29) is 12.2 Å². The summed E-state index contributed by atoms with van der Waals surface area (Å²) in [4.78, 5) is 15.6. The van der Waals surface area contributed by atoms with Gasteiger partial charge in [-0.15, -0.1) is 0 Å². The molecular formula is C18H24N2O6. The number of benzene rings is 1. The molecule has 7 N–H and O–H groups in total. The van der Waals surface area contributed by atoms with Crippen LogP contribution in [0.1, 0.15) is 12.0 Å². The van der Waals surface area contributed by atoms with Crippen LogP contribution in [0.25, 0.3) is 10.9 Å². The lowest BCUT2D eigenvalue weighted by Gasteiger charge is -2.40. The second-order valence-corrected chi connectivity index (χ2v) is 6.71. The highest BCUT2D eigenvalue weighted by Crippen LogP contribution is 2.24. The van der Waals surface area contributed by atoms with E-state index in [1.807, 2.05) is 30.5 Å². The number of nitrogens with one attached hydrogen (secondary N) is 1. The third-order valence-electron chi connectivity index (χ3n) is 4.92. The van der Waals surface area contributed by atoms with Crippen LogP contribution >= 0.6 is 0 Å². The molecule has 1 aliphatic rings. The van der Waals surface area contributed by atoms with E-state index in [0.717, 1.165) is 16.5 Å². The minimum atomic E-state index is -1.50. The molecule has 0 spiro atoms. The number of ketones is 1. The number of aromatic amines is 1. The van der Waals surface area contributed by atoms with Crippen LogP contribution in [0.15, 0.2) is 30.5 Å². The van der Waals surface area contributed by atoms with Crippen molar-refractivity contribution in [3.05, 3.63) is 36.0 Å². The molecule has 0 amide bonds. The number of aromatic nitrogens is 1. The molecule has 1 saturated heterocycles. The maximum atomic E-state index is 12.5. The van der Waals surface area contributed by atoms with Gasteiger partial charge in [-0.2, -0.15) is 0 Å². The van der Waals surface area contributed by atoms with E-state index >= 15 is 0 Å². The summed E-state index contributed by atoms with van der Waals surface area (Å²) in [5, 5.41) is 39.8. The fourth-order valence-corrected chi connectivity index (χ4v) is 3.35. The first kappa shape index (κ1) is 19.0. The van der Waals surface area contributed by atoms with Gasteiger partial charge in [-0.05, 0) is 18.1 Å². The number of hydrogen-bond donors (Lipinski definition) is 6. The van der Waals surface area contributed by atoms with Gasteiger partial charge < -0.3 is 35.9 Å². The minimum Gasteiger partial charge on any atom is -0.394 e. The van der Waals surface area contributed by atoms with Gasteiger partial charge in [0.25, 0.3) is 0 Å². The normalized spacial score (nSPS) is 30.4. The maximum Gasteiger partial charge on any atom is 0.152 e. The maximum absolute atomic E-state index is 12.5. The number of hydrogen-bond acceptors (Lipinski definition) is 7. The van der Waals surface area contributed by atoms with Crippen molar-refractivity contribution in [1.29, 1.82) is 0 Å². The molecule has 2 heterocycles. The van der Waals surface area contributed by atoms with E-state index in [1.165, 1.54) is 0 Å². The largest absolute Gasteiger partial charge is 0.394 e. The number of nitrogens with two attached hydrogens (primary N) is 1. The number of aliphatic hydroxyl groups is 4. The number of fused-ring (bicyclic) bond motifs is 1. The lowest BCUT2D eigenvalue weighted by molar-refractivity contribution is -0.229. The predicted molar refractivity (Wildman–Crippen MR) is 93.4 cm³/mol. The number of rotatable bonds is 6. The van der Waals surface area contributed by atoms with Gasteiger partial charge in [0.1, 0.15) is 24.4 Å². The third kappa shape index (κ3) is 3.66. The standard InChI is InChI=1S/C18H24N2O6/c19-11(5-9-7-20-12-4-2-1-3-10(9)12)13(22)6-14-16(23)18(25)17(24)15(8-21)26-14/h1-4,7,11,14-18,20-21,23-25H,5-6,8,19H2/t11-,14-,15+,16-,17+,18+/m0/s1. The molecule has 0 unspecified atom stereocenters. The summed E-state index contributed by atoms with van der Waals surface area (Å²) in [6, 6.07) is 6.88. The number of Topliss-reactive ketones (excluding diaryl/α,β-unsaturated/α-hetero) is 1. The fourth-order valence-electron chi connectivity index (χ4n) is 3.35. The van der Waals surface area contributed by atoms with E-state index in [2.05, 4.69) is 4.98 Å². The van der Waals surface area contributed by atoms with Gasteiger partial charge >= 0.3 is 0 Å². The molecule has 2 aromatic rings. The molecule has 0 saturated carbocycles. The zero-order valence-electron chi connectivity index (χ0n) is 14.2. The first-order valence-corrected chi connectivity index (χ1v) is 8.56. The van der Waals surface area contributed by atoms with Crippen LogP contribution in [0.4, 0.5) is 0 Å². The summed E-state index contributed by atoms with van der Waals surface area (Å²) in [6.07, 6.45) is -4.53. The lowest BCUT2D eigenvalue weighted by Crippen LogP contribution is -2.59. The summed E-state index contributed by atoms with van der Waals surface area (Å²) in [6.45, 7) is -0.531. The topological polar surface area (TPSA) is 149 Å². The van der Waals surface area contributed by atoms with Crippen molar-refractivity contribution in [1.82, 2.24) is 4.98 Å². The van der Waals surface area contributed by atoms with Gasteiger partial charge in [-0.3, -0.25) is 4.79 Å². The van der Waals surface area contributed by atoms with Crippen LogP contribution in [0, 0.1) is 0 Å². The summed E-state index contributed by atoms with van der Waals surface area (Å²) in [5.74, 6) is -0.334. The van der Waals surface area contributed by atoms with Crippen molar-refractivity contribution in [2.45, 2.75) is 49.4 Å². The van der Waals surface area contributed by atoms with Crippen molar-refractivity contribution in [3.63, 3.8) is 0 Å². The second-order valence-electron chi connectivity index (χ2n) is 6.71. The summed E-state index contributed by atoms with van der Waals surface area (Å²) >= 11 is 0. The highest BCUT2D eigenvalue weighted by molar-refractivity contribution is 5.87. The molecule has 1 aromatic carbocycles. The summed E-state index contributed by atoms with van der Waals surface area (Å²) in [5.41, 5.74) is 7.90. The second kappa shape index (κ2) is 7.83. The van der Waals surface area contributed by atoms with Crippen LogP contribution in [0.3, 0.4) is 0 Å². The number of carbonyl (C=O) groups excluding carboxylic acids is 1. The Bertz CT molecular complexity index is 761. The number of H-pyrrole nitrogens is 1. The zero-order chi connectivity index (χ0) is 18.8. The van der Waals surface area contributed by atoms with Gasteiger partial charge in [0, 0.05) is 23.5 Å². The summed E-state index contributed by atoms with van der Waals surface area (Å²) in [7, 11) is 0. The molecule has 142 valence electrons. The predicted octanol–water partition coefficient (Wildman–Crippen LogP) is -1.16. The van der Waals surface area contributed by atoms with Crippen molar-refractivity contribution in [2.75, 3.05) is 6.61 Å². The van der Waals surface area contributed by atoms with Crippen molar-refractivity contribution < 1.29 is 30.0 Å². The van der Waals surface area contributed by atoms with Gasteiger partial charge in [-0.25, -0.2) is 0 Å². The van der Waals surface area contributed by atoms with Gasteiger partial charge in [0.15, 0.2) is 5.78 Å². The van der Waals surface area contributed by atoms with E-state index < -0.39 is 43.2 Å². The monoisotopic (exact) mass is 364 g/mol. The molecule has 1 fully saturated rings. The van der Waals surface area contributed by atoms with Gasteiger partial charge in [-0.1, -0.05) is 18.2 Å². The molecule has 3 rings (SSSR count). The van der Waals surface area contributed by atoms with Crippen LogP contribution in [0.2, 0.25) is 0 Å². The average molecular weight is 364 g/mol. The van der Waals surface area contributed by atoms with Crippen LogP contribution < -0.4 is 5.73 Å². The van der Waals surface area contributed by atoms with Crippen molar-refractivity contribution in [3.8, 4) is 0 Å². The minimum absolute atomic E-state index is 0.217. The molecule has 6 atom stereocenters. The van der Waals surface area contributed by atoms with E-state index in [0.29, 0.717) is 6.42 Å². The molecule has 8 heteroatoms. The Morgan fingerprint density at radius 3 is 2.58 bits per heavy atom. The van der Waals surface area contributed by atoms with Gasteiger partial charge in [0.05, 0.1) is 18.8 Å². The smallest absolute Gasteiger partial charge is 0.152 e. The molecule has 1 aromatic heterocycles. The molecule has 0 radical (unpaired) electrons. The van der Waals surface area contributed by atoms with E-state index in [9.17, 15) is 25.2 Å². The molecule has 8 nitrogen and oxygen atoms in total. The number of ether oxygens (including phenoxy) is 1. The number of para-hydroxylation sites is 1. The molecular weight excluding hydrogens is 340 g/mol. The molecule has 0 aliphatic carbocycles. The average Bonchev–Trinajstić information content (AvgIpc) is 3.05. The quantitative estimate of drug-likeness (QED) is 0.378. The number of aliphatic hydroxyl groups excluding tert-OH is 4.